The number of nitro benzene ring substituents is 1. The number of rotatable bonds is 6. The van der Waals surface area contributed by atoms with Crippen molar-refractivity contribution in [3.63, 3.8) is 0 Å². The summed E-state index contributed by atoms with van der Waals surface area (Å²) in [6.07, 6.45) is 3.36. The highest BCUT2D eigenvalue weighted by Crippen LogP contribution is 2.27. The fourth-order valence-electron chi connectivity index (χ4n) is 4.25. The molecule has 3 aromatic rings. The lowest BCUT2D eigenvalue weighted by Gasteiger charge is -2.30. The first-order valence-electron chi connectivity index (χ1n) is 11.1. The predicted octanol–water partition coefficient (Wildman–Crippen LogP) is 4.07. The summed E-state index contributed by atoms with van der Waals surface area (Å²) in [5, 5.41) is 18.7. The van der Waals surface area contributed by atoms with Crippen LogP contribution in [0, 0.1) is 17.0 Å². The van der Waals surface area contributed by atoms with Crippen LogP contribution >= 0.6 is 0 Å². The van der Waals surface area contributed by atoms with Crippen LogP contribution in [0.15, 0.2) is 42.5 Å². The number of aromatic nitrogens is 2. The highest BCUT2D eigenvalue weighted by Gasteiger charge is 2.24. The van der Waals surface area contributed by atoms with E-state index in [9.17, 15) is 14.9 Å². The number of hydrogen-bond acceptors (Lipinski definition) is 7. The van der Waals surface area contributed by atoms with E-state index in [1.54, 1.807) is 19.1 Å². The Morgan fingerprint density at radius 2 is 1.76 bits per heavy atom. The number of nitrogens with one attached hydrogen (secondary N) is 2. The summed E-state index contributed by atoms with van der Waals surface area (Å²) in [5.41, 5.74) is 1.71. The van der Waals surface area contributed by atoms with Crippen LogP contribution in [0.1, 0.15) is 41.6 Å². The average molecular weight is 449 g/mol. The van der Waals surface area contributed by atoms with Crippen LogP contribution in [0.3, 0.4) is 0 Å². The van der Waals surface area contributed by atoms with Gasteiger partial charge in [-0.25, -0.2) is 4.98 Å². The Hall–Kier alpha value is -3.75. The summed E-state index contributed by atoms with van der Waals surface area (Å²) in [7, 11) is 3.93. The number of hydrogen-bond donors (Lipinski definition) is 2. The maximum atomic E-state index is 12.6. The van der Waals surface area contributed by atoms with Gasteiger partial charge < -0.3 is 15.5 Å². The van der Waals surface area contributed by atoms with Gasteiger partial charge in [0, 0.05) is 48.8 Å². The summed E-state index contributed by atoms with van der Waals surface area (Å²) in [5.74, 6) is 1.20. The largest absolute Gasteiger partial charge is 0.362 e. The Balaban J connectivity index is 1.37. The predicted molar refractivity (Wildman–Crippen MR) is 129 cm³/mol. The number of nitro groups is 1. The Bertz CT molecular complexity index is 1190. The summed E-state index contributed by atoms with van der Waals surface area (Å²) in [6.45, 7) is 1.66. The molecular formula is C24H28N6O3. The van der Waals surface area contributed by atoms with Gasteiger partial charge in [-0.15, -0.1) is 0 Å². The molecule has 1 fully saturated rings. The zero-order chi connectivity index (χ0) is 23.5. The van der Waals surface area contributed by atoms with Crippen molar-refractivity contribution in [2.75, 3.05) is 24.3 Å². The molecule has 0 spiro atoms. The van der Waals surface area contributed by atoms with Gasteiger partial charge in [0.25, 0.3) is 11.6 Å². The summed E-state index contributed by atoms with van der Waals surface area (Å²) in [6, 6.07) is 12.8. The van der Waals surface area contributed by atoms with Gasteiger partial charge in [0.15, 0.2) is 0 Å². The van der Waals surface area contributed by atoms with Crippen molar-refractivity contribution in [2.45, 2.75) is 44.7 Å². The Morgan fingerprint density at radius 3 is 2.45 bits per heavy atom. The quantitative estimate of drug-likeness (QED) is 0.432. The SMILES string of the molecule is Cc1ccc(C(=O)NC2CCC(Nc3nc(N(C)C)c4ccccc4n3)CC2)cc1[N+](=O)[O-]. The minimum Gasteiger partial charge on any atom is -0.362 e. The standard InChI is InChI=1S/C24H28N6O3/c1-15-8-9-16(14-21(15)30(32)33)23(31)25-17-10-12-18(13-11-17)26-24-27-20-7-5-4-6-19(20)22(28-24)29(2)3/h4-9,14,17-18H,10-13H2,1-3H3,(H,25,31)(H,26,27,28). The monoisotopic (exact) mass is 448 g/mol. The molecule has 9 nitrogen and oxygen atoms in total. The number of aryl methyl sites for hydroxylation is 1. The van der Waals surface area contributed by atoms with Gasteiger partial charge >= 0.3 is 0 Å². The van der Waals surface area contributed by atoms with Gasteiger partial charge in [-0.3, -0.25) is 14.9 Å². The normalized spacial score (nSPS) is 18.0. The molecule has 9 heteroatoms. The number of carbonyl (C=O) groups is 1. The van der Waals surface area contributed by atoms with Crippen molar-refractivity contribution >= 4 is 34.3 Å². The van der Waals surface area contributed by atoms with E-state index in [1.165, 1.54) is 6.07 Å². The van der Waals surface area contributed by atoms with Gasteiger partial charge in [-0.2, -0.15) is 4.98 Å². The molecule has 0 atom stereocenters. The highest BCUT2D eigenvalue weighted by molar-refractivity contribution is 5.95. The molecule has 2 N–H and O–H groups in total. The van der Waals surface area contributed by atoms with E-state index < -0.39 is 4.92 Å². The second-order valence-electron chi connectivity index (χ2n) is 8.71. The molecule has 4 rings (SSSR count). The number of para-hydroxylation sites is 1. The van der Waals surface area contributed by atoms with Crippen molar-refractivity contribution in [1.82, 2.24) is 15.3 Å². The molecule has 1 amide bonds. The number of anilines is 2. The lowest BCUT2D eigenvalue weighted by Crippen LogP contribution is -2.40. The van der Waals surface area contributed by atoms with E-state index in [0.717, 1.165) is 42.4 Å². The fraction of sp³-hybridized carbons (Fsp3) is 0.375. The van der Waals surface area contributed by atoms with Crippen LogP contribution in [0.25, 0.3) is 10.9 Å². The van der Waals surface area contributed by atoms with Crippen molar-refractivity contribution in [3.8, 4) is 0 Å². The van der Waals surface area contributed by atoms with Gasteiger partial charge in [0.05, 0.1) is 10.4 Å². The molecule has 172 valence electrons. The number of nitrogens with zero attached hydrogens (tertiary/aromatic N) is 4. The van der Waals surface area contributed by atoms with Crippen LogP contribution < -0.4 is 15.5 Å². The van der Waals surface area contributed by atoms with Gasteiger partial charge in [-0.1, -0.05) is 18.2 Å². The molecule has 0 radical (unpaired) electrons. The molecule has 33 heavy (non-hydrogen) atoms. The van der Waals surface area contributed by atoms with Crippen molar-refractivity contribution < 1.29 is 9.72 Å². The number of benzene rings is 2. The second-order valence-corrected chi connectivity index (χ2v) is 8.71. The smallest absolute Gasteiger partial charge is 0.273 e. The third kappa shape index (κ3) is 5.02. The molecule has 0 saturated heterocycles. The van der Waals surface area contributed by atoms with Crippen LogP contribution in [-0.4, -0.2) is 47.0 Å². The number of fused-ring (bicyclic) bond motifs is 1. The van der Waals surface area contributed by atoms with Crippen LogP contribution in [-0.2, 0) is 0 Å². The molecular weight excluding hydrogens is 420 g/mol. The minimum absolute atomic E-state index is 0.0331. The van der Waals surface area contributed by atoms with Gasteiger partial charge in [0.2, 0.25) is 5.95 Å². The fourth-order valence-corrected chi connectivity index (χ4v) is 4.25. The average Bonchev–Trinajstić information content (AvgIpc) is 2.79. The first-order valence-corrected chi connectivity index (χ1v) is 11.1. The summed E-state index contributed by atoms with van der Waals surface area (Å²) in [4.78, 5) is 34.7. The summed E-state index contributed by atoms with van der Waals surface area (Å²) >= 11 is 0. The molecule has 1 aliphatic rings. The van der Waals surface area contributed by atoms with E-state index in [1.807, 2.05) is 43.3 Å². The summed E-state index contributed by atoms with van der Waals surface area (Å²) < 4.78 is 0. The van der Waals surface area contributed by atoms with E-state index in [2.05, 4.69) is 15.6 Å². The zero-order valence-corrected chi connectivity index (χ0v) is 19.0. The first kappa shape index (κ1) is 22.4. The minimum atomic E-state index is -0.459. The Morgan fingerprint density at radius 1 is 1.06 bits per heavy atom. The van der Waals surface area contributed by atoms with Crippen molar-refractivity contribution in [3.05, 3.63) is 63.7 Å². The molecule has 1 aliphatic carbocycles. The maximum Gasteiger partial charge on any atom is 0.273 e. The third-order valence-corrected chi connectivity index (χ3v) is 6.07. The molecule has 2 aromatic carbocycles. The van der Waals surface area contributed by atoms with Gasteiger partial charge in [-0.05, 0) is 50.8 Å². The molecule has 1 aromatic heterocycles. The molecule has 0 unspecified atom stereocenters. The molecule has 1 heterocycles. The Kier molecular flexibility index (Phi) is 6.39. The molecule has 1 saturated carbocycles. The Labute approximate surface area is 192 Å². The topological polar surface area (TPSA) is 113 Å². The van der Waals surface area contributed by atoms with E-state index in [-0.39, 0.29) is 23.7 Å². The van der Waals surface area contributed by atoms with Crippen molar-refractivity contribution in [2.24, 2.45) is 0 Å². The second kappa shape index (κ2) is 9.40. The molecule has 0 aliphatic heterocycles. The van der Waals surface area contributed by atoms with Crippen molar-refractivity contribution in [1.29, 1.82) is 0 Å². The zero-order valence-electron chi connectivity index (χ0n) is 19.0. The lowest BCUT2D eigenvalue weighted by atomic mass is 9.91. The lowest BCUT2D eigenvalue weighted by molar-refractivity contribution is -0.385. The van der Waals surface area contributed by atoms with E-state index >= 15 is 0 Å². The van der Waals surface area contributed by atoms with Crippen LogP contribution in [0.5, 0.6) is 0 Å². The molecule has 0 bridgehead atoms. The maximum absolute atomic E-state index is 12.6. The first-order chi connectivity index (χ1) is 15.8. The van der Waals surface area contributed by atoms with Crippen LogP contribution in [0.2, 0.25) is 0 Å². The third-order valence-electron chi connectivity index (χ3n) is 6.07. The number of amides is 1. The van der Waals surface area contributed by atoms with E-state index in [4.69, 9.17) is 4.98 Å². The highest BCUT2D eigenvalue weighted by atomic mass is 16.6. The van der Waals surface area contributed by atoms with E-state index in [0.29, 0.717) is 17.1 Å². The van der Waals surface area contributed by atoms with Crippen LogP contribution in [0.4, 0.5) is 17.5 Å². The number of carbonyl (C=O) groups excluding carboxylic acids is 1. The van der Waals surface area contributed by atoms with Gasteiger partial charge in [0.1, 0.15) is 5.82 Å².